The third-order valence-electron chi connectivity index (χ3n) is 5.24. The van der Waals surface area contributed by atoms with Crippen LogP contribution in [0.3, 0.4) is 0 Å². The van der Waals surface area contributed by atoms with Gasteiger partial charge in [0, 0.05) is 42.8 Å². The Morgan fingerprint density at radius 2 is 1.60 bits per heavy atom. The first kappa shape index (κ1) is 22.2. The molecular weight excluding hydrogens is 452 g/mol. The average molecular weight is 479 g/mol. The summed E-state index contributed by atoms with van der Waals surface area (Å²) in [4.78, 5) is 17.2. The molecule has 1 amide bonds. The van der Waals surface area contributed by atoms with Gasteiger partial charge < -0.3 is 23.8 Å². The van der Waals surface area contributed by atoms with Crippen molar-refractivity contribution in [1.82, 2.24) is 9.80 Å². The number of halogens is 1. The largest absolute Gasteiger partial charge is 0.497 e. The van der Waals surface area contributed by atoms with Crippen molar-refractivity contribution in [3.8, 4) is 23.0 Å². The summed E-state index contributed by atoms with van der Waals surface area (Å²) in [5.74, 6) is 2.58. The molecular formula is C22H27BrN2O5. The molecule has 1 fully saturated rings. The van der Waals surface area contributed by atoms with Crippen LogP contribution < -0.4 is 18.9 Å². The van der Waals surface area contributed by atoms with Crippen LogP contribution in [-0.2, 0) is 6.54 Å². The molecule has 1 aliphatic rings. The minimum Gasteiger partial charge on any atom is -0.497 e. The maximum atomic E-state index is 13.0. The highest BCUT2D eigenvalue weighted by atomic mass is 79.9. The second kappa shape index (κ2) is 10.0. The molecule has 7 nitrogen and oxygen atoms in total. The van der Waals surface area contributed by atoms with Gasteiger partial charge in [0.2, 0.25) is 5.75 Å². The van der Waals surface area contributed by atoms with Gasteiger partial charge in [0.25, 0.3) is 5.91 Å². The number of carbonyl (C=O) groups is 1. The van der Waals surface area contributed by atoms with E-state index in [9.17, 15) is 4.79 Å². The zero-order valence-corrected chi connectivity index (χ0v) is 19.3. The highest BCUT2D eigenvalue weighted by Crippen LogP contribution is 2.40. The van der Waals surface area contributed by atoms with Crippen LogP contribution in [0.4, 0.5) is 0 Å². The van der Waals surface area contributed by atoms with Gasteiger partial charge in [0.15, 0.2) is 11.5 Å². The number of benzene rings is 2. The van der Waals surface area contributed by atoms with Crippen molar-refractivity contribution >= 4 is 21.8 Å². The van der Waals surface area contributed by atoms with Crippen molar-refractivity contribution in [2.45, 2.75) is 6.54 Å². The van der Waals surface area contributed by atoms with E-state index in [1.165, 1.54) is 0 Å². The van der Waals surface area contributed by atoms with Gasteiger partial charge in [0.05, 0.1) is 34.0 Å². The number of carbonyl (C=O) groups excluding carboxylic acids is 1. The maximum Gasteiger partial charge on any atom is 0.255 e. The second-order valence-corrected chi connectivity index (χ2v) is 7.76. The van der Waals surface area contributed by atoms with E-state index in [4.69, 9.17) is 18.9 Å². The molecule has 0 aromatic heterocycles. The maximum absolute atomic E-state index is 13.0. The summed E-state index contributed by atoms with van der Waals surface area (Å²) in [6.45, 7) is 3.54. The second-order valence-electron chi connectivity index (χ2n) is 6.91. The predicted molar refractivity (Wildman–Crippen MR) is 118 cm³/mol. The minimum atomic E-state index is 0.00382. The Morgan fingerprint density at radius 3 is 2.20 bits per heavy atom. The van der Waals surface area contributed by atoms with Gasteiger partial charge in [-0.15, -0.1) is 0 Å². The van der Waals surface area contributed by atoms with Crippen molar-refractivity contribution in [2.75, 3.05) is 54.6 Å². The van der Waals surface area contributed by atoms with Crippen LogP contribution in [0.2, 0.25) is 0 Å². The van der Waals surface area contributed by atoms with Crippen molar-refractivity contribution in [3.05, 3.63) is 45.9 Å². The van der Waals surface area contributed by atoms with Crippen molar-refractivity contribution in [1.29, 1.82) is 0 Å². The summed E-state index contributed by atoms with van der Waals surface area (Å²) < 4.78 is 22.5. The van der Waals surface area contributed by atoms with Gasteiger partial charge >= 0.3 is 0 Å². The van der Waals surface area contributed by atoms with Crippen LogP contribution >= 0.6 is 15.9 Å². The number of ether oxygens (including phenoxy) is 4. The van der Waals surface area contributed by atoms with Crippen molar-refractivity contribution in [3.63, 3.8) is 0 Å². The molecule has 2 aromatic carbocycles. The fourth-order valence-corrected chi connectivity index (χ4v) is 4.02. The Morgan fingerprint density at radius 1 is 0.900 bits per heavy atom. The summed E-state index contributed by atoms with van der Waals surface area (Å²) in [7, 11) is 6.43. The Bertz CT molecular complexity index is 897. The van der Waals surface area contributed by atoms with Crippen molar-refractivity contribution in [2.24, 2.45) is 0 Å². The summed E-state index contributed by atoms with van der Waals surface area (Å²) in [5, 5.41) is 0. The van der Waals surface area contributed by atoms with E-state index in [0.29, 0.717) is 48.2 Å². The highest BCUT2D eigenvalue weighted by Gasteiger charge is 2.25. The van der Waals surface area contributed by atoms with Gasteiger partial charge in [-0.1, -0.05) is 6.07 Å². The normalized spacial score (nSPS) is 14.4. The van der Waals surface area contributed by atoms with E-state index in [-0.39, 0.29) is 5.91 Å². The molecule has 8 heteroatoms. The number of rotatable bonds is 7. The molecule has 0 radical (unpaired) electrons. The lowest BCUT2D eigenvalue weighted by molar-refractivity contribution is 0.0626. The Hall–Kier alpha value is -2.45. The van der Waals surface area contributed by atoms with E-state index >= 15 is 0 Å². The molecule has 1 heterocycles. The first-order valence-corrected chi connectivity index (χ1v) is 10.4. The molecule has 1 saturated heterocycles. The zero-order valence-electron chi connectivity index (χ0n) is 17.7. The monoisotopic (exact) mass is 478 g/mol. The fourth-order valence-electron chi connectivity index (χ4n) is 3.60. The average Bonchev–Trinajstić information content (AvgIpc) is 2.79. The molecule has 1 aliphatic heterocycles. The van der Waals surface area contributed by atoms with E-state index in [1.807, 2.05) is 29.2 Å². The van der Waals surface area contributed by atoms with Gasteiger partial charge in [-0.3, -0.25) is 9.69 Å². The molecule has 0 unspecified atom stereocenters. The smallest absolute Gasteiger partial charge is 0.255 e. The minimum absolute atomic E-state index is 0.00382. The van der Waals surface area contributed by atoms with E-state index in [2.05, 4.69) is 20.8 Å². The van der Waals surface area contributed by atoms with Crippen LogP contribution in [0.15, 0.2) is 34.8 Å². The molecule has 3 rings (SSSR count). The number of amides is 1. The molecule has 0 atom stereocenters. The predicted octanol–water partition coefficient (Wildman–Crippen LogP) is 3.44. The van der Waals surface area contributed by atoms with Crippen LogP contribution in [0, 0.1) is 0 Å². The summed E-state index contributed by atoms with van der Waals surface area (Å²) in [6.07, 6.45) is 0. The van der Waals surface area contributed by atoms with E-state index in [0.717, 1.165) is 23.1 Å². The number of hydrogen-bond acceptors (Lipinski definition) is 6. The molecule has 2 aromatic rings. The van der Waals surface area contributed by atoms with Crippen LogP contribution in [0.1, 0.15) is 15.9 Å². The third kappa shape index (κ3) is 4.65. The van der Waals surface area contributed by atoms with Crippen LogP contribution in [0.5, 0.6) is 23.0 Å². The fraction of sp³-hybridized carbons (Fsp3) is 0.409. The summed E-state index contributed by atoms with van der Waals surface area (Å²) >= 11 is 3.47. The van der Waals surface area contributed by atoms with E-state index < -0.39 is 0 Å². The van der Waals surface area contributed by atoms with Gasteiger partial charge in [-0.05, 0) is 40.2 Å². The number of piperazine rings is 1. The SMILES string of the molecule is COc1ccc(Br)c(C(=O)N2CCN(Cc3ccc(OC)c(OC)c3OC)CC2)c1. The Kier molecular flexibility index (Phi) is 7.44. The standard InChI is InChI=1S/C22H27BrN2O5/c1-27-16-6-7-18(23)17(13-16)22(26)25-11-9-24(10-12-25)14-15-5-8-19(28-2)21(30-4)20(15)29-3/h5-8,13H,9-12,14H2,1-4H3. The van der Waals surface area contributed by atoms with Gasteiger partial charge in [0.1, 0.15) is 5.75 Å². The quantitative estimate of drug-likeness (QED) is 0.607. The zero-order chi connectivity index (χ0) is 21.7. The molecule has 162 valence electrons. The van der Waals surface area contributed by atoms with Crippen LogP contribution in [-0.4, -0.2) is 70.3 Å². The molecule has 0 N–H and O–H groups in total. The number of hydrogen-bond donors (Lipinski definition) is 0. The summed E-state index contributed by atoms with van der Waals surface area (Å²) in [5.41, 5.74) is 1.63. The Labute approximate surface area is 185 Å². The number of nitrogens with zero attached hydrogens (tertiary/aromatic N) is 2. The third-order valence-corrected chi connectivity index (χ3v) is 5.93. The van der Waals surface area contributed by atoms with Crippen LogP contribution in [0.25, 0.3) is 0 Å². The molecule has 0 saturated carbocycles. The lowest BCUT2D eigenvalue weighted by Gasteiger charge is -2.35. The molecule has 0 bridgehead atoms. The summed E-state index contributed by atoms with van der Waals surface area (Å²) in [6, 6.07) is 9.32. The lowest BCUT2D eigenvalue weighted by Crippen LogP contribution is -2.48. The lowest BCUT2D eigenvalue weighted by atomic mass is 10.1. The van der Waals surface area contributed by atoms with Gasteiger partial charge in [-0.2, -0.15) is 0 Å². The van der Waals surface area contributed by atoms with E-state index in [1.54, 1.807) is 34.5 Å². The molecule has 30 heavy (non-hydrogen) atoms. The van der Waals surface area contributed by atoms with Crippen molar-refractivity contribution < 1.29 is 23.7 Å². The number of methoxy groups -OCH3 is 4. The Balaban J connectivity index is 1.67. The highest BCUT2D eigenvalue weighted by molar-refractivity contribution is 9.10. The topological polar surface area (TPSA) is 60.5 Å². The first-order valence-electron chi connectivity index (χ1n) is 9.65. The molecule has 0 spiro atoms. The molecule has 0 aliphatic carbocycles. The van der Waals surface area contributed by atoms with Gasteiger partial charge in [-0.25, -0.2) is 0 Å². The first-order chi connectivity index (χ1) is 14.5.